The van der Waals surface area contributed by atoms with Crippen molar-refractivity contribution in [2.24, 2.45) is 5.92 Å². The van der Waals surface area contributed by atoms with E-state index in [0.717, 1.165) is 42.4 Å². The summed E-state index contributed by atoms with van der Waals surface area (Å²) >= 11 is 1.64. The van der Waals surface area contributed by atoms with E-state index in [4.69, 9.17) is 4.74 Å². The molecule has 28 heavy (non-hydrogen) atoms. The van der Waals surface area contributed by atoms with Crippen molar-refractivity contribution < 1.29 is 9.64 Å². The summed E-state index contributed by atoms with van der Waals surface area (Å²) < 4.78 is 7.34. The van der Waals surface area contributed by atoms with Crippen molar-refractivity contribution in [3.8, 4) is 16.2 Å². The van der Waals surface area contributed by atoms with Gasteiger partial charge in [-0.1, -0.05) is 6.07 Å². The molecule has 1 aromatic carbocycles. The van der Waals surface area contributed by atoms with Crippen molar-refractivity contribution in [3.63, 3.8) is 0 Å². The zero-order chi connectivity index (χ0) is 19.1. The van der Waals surface area contributed by atoms with Crippen LogP contribution in [0.25, 0.3) is 10.4 Å². The first kappa shape index (κ1) is 17.7. The summed E-state index contributed by atoms with van der Waals surface area (Å²) in [6.07, 6.45) is 1.21. The van der Waals surface area contributed by atoms with Crippen LogP contribution in [0, 0.1) is 5.92 Å². The standard InChI is InChI=1S/C23H24N2O2S/c1-27-19-6-4-16(5-7-19)12-24-13-17-11-18(15-24)21-9-8-20(22-3-2-10-28-22)23(26)25(21)14-17/h2-10,17-18H,11-15H2,1H3/p+1/t17-,18+/m0/s1. The molecule has 0 aliphatic carbocycles. The second-order valence-corrected chi connectivity index (χ2v) is 8.99. The smallest absolute Gasteiger partial charge is 0.259 e. The number of likely N-dealkylation sites (tertiary alicyclic amines) is 1. The predicted molar refractivity (Wildman–Crippen MR) is 112 cm³/mol. The maximum atomic E-state index is 13.1. The fourth-order valence-electron chi connectivity index (χ4n) is 4.96. The number of methoxy groups -OCH3 is 1. The minimum absolute atomic E-state index is 0.188. The first-order valence-corrected chi connectivity index (χ1v) is 10.8. The molecule has 1 fully saturated rings. The molecule has 5 heteroatoms. The number of thiophene rings is 1. The van der Waals surface area contributed by atoms with Crippen molar-refractivity contribution in [2.75, 3.05) is 20.2 Å². The summed E-state index contributed by atoms with van der Waals surface area (Å²) in [6, 6.07) is 16.7. The van der Waals surface area contributed by atoms with Gasteiger partial charge in [0.15, 0.2) is 0 Å². The number of quaternary nitrogens is 1. The number of pyridine rings is 1. The number of hydrogen-bond donors (Lipinski definition) is 1. The summed E-state index contributed by atoms with van der Waals surface area (Å²) in [6.45, 7) is 4.13. The molecule has 0 spiro atoms. The molecule has 2 aliphatic heterocycles. The summed E-state index contributed by atoms with van der Waals surface area (Å²) in [4.78, 5) is 15.8. The molecule has 0 radical (unpaired) electrons. The normalized spacial score (nSPS) is 23.2. The summed E-state index contributed by atoms with van der Waals surface area (Å²) in [5.41, 5.74) is 3.61. The Morgan fingerprint density at radius 2 is 2.00 bits per heavy atom. The Kier molecular flexibility index (Phi) is 4.57. The van der Waals surface area contributed by atoms with E-state index >= 15 is 0 Å². The topological polar surface area (TPSA) is 35.7 Å². The quantitative estimate of drug-likeness (QED) is 0.740. The highest BCUT2D eigenvalue weighted by Crippen LogP contribution is 2.32. The van der Waals surface area contributed by atoms with Gasteiger partial charge in [0.2, 0.25) is 0 Å². The van der Waals surface area contributed by atoms with E-state index in [9.17, 15) is 4.79 Å². The molecule has 1 N–H and O–H groups in total. The molecule has 1 saturated heterocycles. The van der Waals surface area contributed by atoms with Crippen LogP contribution < -0.4 is 15.2 Å². The number of ether oxygens (including phenoxy) is 1. The molecular weight excluding hydrogens is 368 g/mol. The third-order valence-corrected chi connectivity index (χ3v) is 7.10. The lowest BCUT2D eigenvalue weighted by Gasteiger charge is -2.40. The number of hydrogen-bond acceptors (Lipinski definition) is 3. The van der Waals surface area contributed by atoms with Crippen LogP contribution in [-0.2, 0) is 13.1 Å². The molecule has 3 aromatic rings. The van der Waals surface area contributed by atoms with Crippen molar-refractivity contribution in [3.05, 3.63) is 75.5 Å². The number of nitrogens with zero attached hydrogens (tertiary/aromatic N) is 1. The summed E-state index contributed by atoms with van der Waals surface area (Å²) in [5.74, 6) is 1.96. The maximum Gasteiger partial charge on any atom is 0.259 e. The number of fused-ring (bicyclic) bond motifs is 4. The van der Waals surface area contributed by atoms with Crippen LogP contribution in [-0.4, -0.2) is 24.8 Å². The third kappa shape index (κ3) is 3.19. The molecule has 5 rings (SSSR count). The average Bonchev–Trinajstić information content (AvgIpc) is 3.24. The first-order chi connectivity index (χ1) is 13.7. The Balaban J connectivity index is 1.39. The van der Waals surface area contributed by atoms with Gasteiger partial charge < -0.3 is 14.2 Å². The Morgan fingerprint density at radius 3 is 2.75 bits per heavy atom. The van der Waals surface area contributed by atoms with Crippen LogP contribution in [0.3, 0.4) is 0 Å². The fourth-order valence-corrected chi connectivity index (χ4v) is 5.71. The molecule has 2 bridgehead atoms. The largest absolute Gasteiger partial charge is 0.497 e. The maximum absolute atomic E-state index is 13.1. The van der Waals surface area contributed by atoms with Crippen LogP contribution >= 0.6 is 11.3 Å². The fraction of sp³-hybridized carbons (Fsp3) is 0.348. The lowest BCUT2D eigenvalue weighted by Crippen LogP contribution is -3.13. The van der Waals surface area contributed by atoms with Crippen molar-refractivity contribution in [1.82, 2.24) is 4.57 Å². The van der Waals surface area contributed by atoms with Gasteiger partial charge in [-0.05, 0) is 54.3 Å². The molecular formula is C23H25N2O2S+. The van der Waals surface area contributed by atoms with E-state index in [1.807, 2.05) is 35.7 Å². The van der Waals surface area contributed by atoms with Crippen LogP contribution in [0.2, 0.25) is 0 Å². The zero-order valence-corrected chi connectivity index (χ0v) is 16.9. The SMILES string of the molecule is COc1ccc(C[NH+]2C[C@@H]3C[C@H](C2)c2ccc(-c4cccs4)c(=O)n2C3)cc1. The highest BCUT2D eigenvalue weighted by molar-refractivity contribution is 7.13. The predicted octanol–water partition coefficient (Wildman–Crippen LogP) is 2.79. The van der Waals surface area contributed by atoms with E-state index in [0.29, 0.717) is 11.8 Å². The van der Waals surface area contributed by atoms with Crippen LogP contribution in [0.4, 0.5) is 0 Å². The van der Waals surface area contributed by atoms with Gasteiger partial charge in [0.25, 0.3) is 5.56 Å². The Labute approximate surface area is 169 Å². The van der Waals surface area contributed by atoms with Gasteiger partial charge in [-0.25, -0.2) is 0 Å². The van der Waals surface area contributed by atoms with Crippen molar-refractivity contribution in [2.45, 2.75) is 25.4 Å². The third-order valence-electron chi connectivity index (χ3n) is 6.20. The van der Waals surface area contributed by atoms with E-state index in [2.05, 4.69) is 22.8 Å². The number of rotatable bonds is 4. The highest BCUT2D eigenvalue weighted by atomic mass is 32.1. The molecule has 1 unspecified atom stereocenters. The van der Waals surface area contributed by atoms with Crippen molar-refractivity contribution >= 4 is 11.3 Å². The molecule has 4 heterocycles. The minimum atomic E-state index is 0.188. The van der Waals surface area contributed by atoms with Gasteiger partial charge in [0.05, 0.1) is 25.8 Å². The highest BCUT2D eigenvalue weighted by Gasteiger charge is 2.37. The average molecular weight is 394 g/mol. The van der Waals surface area contributed by atoms with Gasteiger partial charge in [0.1, 0.15) is 12.3 Å². The van der Waals surface area contributed by atoms with E-state index in [1.165, 1.54) is 17.7 Å². The Hall–Kier alpha value is -2.37. The number of benzene rings is 1. The number of aromatic nitrogens is 1. The first-order valence-electron chi connectivity index (χ1n) is 9.95. The lowest BCUT2D eigenvalue weighted by molar-refractivity contribution is -0.924. The van der Waals surface area contributed by atoms with Crippen LogP contribution in [0.15, 0.2) is 58.7 Å². The van der Waals surface area contributed by atoms with Crippen LogP contribution in [0.5, 0.6) is 5.75 Å². The van der Waals surface area contributed by atoms with Gasteiger partial charge >= 0.3 is 0 Å². The van der Waals surface area contributed by atoms with Gasteiger partial charge in [-0.3, -0.25) is 4.79 Å². The lowest BCUT2D eigenvalue weighted by atomic mass is 9.82. The van der Waals surface area contributed by atoms with E-state index in [-0.39, 0.29) is 5.56 Å². The molecule has 0 amide bonds. The second kappa shape index (κ2) is 7.22. The summed E-state index contributed by atoms with van der Waals surface area (Å²) in [7, 11) is 1.70. The minimum Gasteiger partial charge on any atom is -0.497 e. The van der Waals surface area contributed by atoms with Gasteiger partial charge in [0, 0.05) is 34.5 Å². The van der Waals surface area contributed by atoms with E-state index < -0.39 is 0 Å². The molecule has 3 atom stereocenters. The second-order valence-electron chi connectivity index (χ2n) is 8.05. The van der Waals surface area contributed by atoms with Gasteiger partial charge in [-0.15, -0.1) is 11.3 Å². The Bertz CT molecular complexity index is 1020. The summed E-state index contributed by atoms with van der Waals surface area (Å²) in [5, 5.41) is 2.04. The van der Waals surface area contributed by atoms with E-state index in [1.54, 1.807) is 23.3 Å². The number of nitrogens with one attached hydrogen (secondary N) is 1. The molecule has 2 aromatic heterocycles. The number of piperidine rings is 1. The molecule has 144 valence electrons. The molecule has 2 aliphatic rings. The Morgan fingerprint density at radius 1 is 1.14 bits per heavy atom. The molecule has 0 saturated carbocycles. The van der Waals surface area contributed by atoms with Gasteiger partial charge in [-0.2, -0.15) is 0 Å². The van der Waals surface area contributed by atoms with Crippen LogP contribution in [0.1, 0.15) is 23.6 Å². The zero-order valence-electron chi connectivity index (χ0n) is 16.1. The van der Waals surface area contributed by atoms with Crippen molar-refractivity contribution in [1.29, 1.82) is 0 Å². The monoisotopic (exact) mass is 393 g/mol. The molecule has 4 nitrogen and oxygen atoms in total.